The molecule has 0 radical (unpaired) electrons. The van der Waals surface area contributed by atoms with Crippen LogP contribution in [0, 0.1) is 0 Å². The first kappa shape index (κ1) is 17.9. The standard InChI is InChI=1S/C21H18BrClN4O/c22-14-4-5-18-17(10-14)21-19(28-18)12-24-20(25-21)13-26-6-8-27(9-7-26)16-3-1-2-15(23)11-16/h1-5,10-12H,6-9,13H2. The summed E-state index contributed by atoms with van der Waals surface area (Å²) in [5, 5.41) is 1.79. The first-order valence-corrected chi connectivity index (χ1v) is 10.4. The van der Waals surface area contributed by atoms with Gasteiger partial charge in [0.1, 0.15) is 16.9 Å². The van der Waals surface area contributed by atoms with Gasteiger partial charge < -0.3 is 9.32 Å². The van der Waals surface area contributed by atoms with Crippen molar-refractivity contribution in [2.75, 3.05) is 31.1 Å². The second-order valence-corrected chi connectivity index (χ2v) is 8.34. The van der Waals surface area contributed by atoms with Crippen molar-refractivity contribution in [3.8, 4) is 0 Å². The number of piperazine rings is 1. The van der Waals surface area contributed by atoms with Crippen molar-refractivity contribution in [1.82, 2.24) is 14.9 Å². The smallest absolute Gasteiger partial charge is 0.172 e. The molecule has 0 N–H and O–H groups in total. The first-order valence-electron chi connectivity index (χ1n) is 9.22. The Morgan fingerprint density at radius 3 is 2.71 bits per heavy atom. The lowest BCUT2D eigenvalue weighted by molar-refractivity contribution is 0.244. The first-order chi connectivity index (χ1) is 13.7. The third-order valence-electron chi connectivity index (χ3n) is 5.13. The number of furan rings is 1. The zero-order valence-electron chi connectivity index (χ0n) is 15.1. The maximum Gasteiger partial charge on any atom is 0.172 e. The van der Waals surface area contributed by atoms with Crippen LogP contribution in [0.4, 0.5) is 5.69 Å². The van der Waals surface area contributed by atoms with Crippen LogP contribution in [0.25, 0.3) is 22.1 Å². The van der Waals surface area contributed by atoms with Crippen LogP contribution < -0.4 is 4.90 Å². The number of halogens is 2. The van der Waals surface area contributed by atoms with E-state index in [2.05, 4.69) is 36.8 Å². The SMILES string of the molecule is Clc1cccc(N2CCN(Cc3ncc4oc5ccc(Br)cc5c4n3)CC2)c1. The zero-order valence-corrected chi connectivity index (χ0v) is 17.4. The molecule has 2 aromatic carbocycles. The second-order valence-electron chi connectivity index (χ2n) is 6.98. The van der Waals surface area contributed by atoms with Gasteiger partial charge in [-0.05, 0) is 36.4 Å². The molecule has 4 aromatic rings. The number of hydrogen-bond donors (Lipinski definition) is 0. The second kappa shape index (κ2) is 7.35. The van der Waals surface area contributed by atoms with Gasteiger partial charge in [0.2, 0.25) is 0 Å². The van der Waals surface area contributed by atoms with Gasteiger partial charge in [-0.1, -0.05) is 33.6 Å². The van der Waals surface area contributed by atoms with E-state index in [0.717, 1.165) is 70.1 Å². The molecule has 0 amide bonds. The van der Waals surface area contributed by atoms with Crippen LogP contribution in [0.15, 0.2) is 57.6 Å². The highest BCUT2D eigenvalue weighted by Crippen LogP contribution is 2.29. The van der Waals surface area contributed by atoms with E-state index in [1.165, 1.54) is 5.69 Å². The van der Waals surface area contributed by atoms with Crippen LogP contribution in [0.3, 0.4) is 0 Å². The molecule has 5 nitrogen and oxygen atoms in total. The molecule has 3 heterocycles. The van der Waals surface area contributed by atoms with Gasteiger partial charge in [0.15, 0.2) is 5.58 Å². The summed E-state index contributed by atoms with van der Waals surface area (Å²) in [4.78, 5) is 14.1. The van der Waals surface area contributed by atoms with Crippen LogP contribution in [0.2, 0.25) is 5.02 Å². The van der Waals surface area contributed by atoms with Crippen molar-refractivity contribution in [2.45, 2.75) is 6.54 Å². The van der Waals surface area contributed by atoms with E-state index in [0.29, 0.717) is 0 Å². The average molecular weight is 458 g/mol. The van der Waals surface area contributed by atoms with Crippen molar-refractivity contribution >= 4 is 55.3 Å². The highest BCUT2D eigenvalue weighted by atomic mass is 79.9. The minimum absolute atomic E-state index is 0.725. The monoisotopic (exact) mass is 456 g/mol. The quantitative estimate of drug-likeness (QED) is 0.427. The van der Waals surface area contributed by atoms with E-state index in [9.17, 15) is 0 Å². The summed E-state index contributed by atoms with van der Waals surface area (Å²) >= 11 is 9.65. The molecular formula is C21H18BrClN4O. The highest BCUT2D eigenvalue weighted by molar-refractivity contribution is 9.10. The largest absolute Gasteiger partial charge is 0.453 e. The number of fused-ring (bicyclic) bond motifs is 3. The van der Waals surface area contributed by atoms with Crippen LogP contribution in [0.5, 0.6) is 0 Å². The number of hydrogen-bond acceptors (Lipinski definition) is 5. The molecule has 1 saturated heterocycles. The van der Waals surface area contributed by atoms with Crippen molar-refractivity contribution in [1.29, 1.82) is 0 Å². The third-order valence-corrected chi connectivity index (χ3v) is 5.86. The van der Waals surface area contributed by atoms with Gasteiger partial charge in [-0.2, -0.15) is 0 Å². The van der Waals surface area contributed by atoms with Crippen molar-refractivity contribution in [3.05, 3.63) is 64.0 Å². The molecule has 28 heavy (non-hydrogen) atoms. The summed E-state index contributed by atoms with van der Waals surface area (Å²) in [6, 6.07) is 14.0. The summed E-state index contributed by atoms with van der Waals surface area (Å²) < 4.78 is 6.86. The number of anilines is 1. The van der Waals surface area contributed by atoms with Crippen molar-refractivity contribution in [3.63, 3.8) is 0 Å². The molecule has 0 aliphatic carbocycles. The number of aromatic nitrogens is 2. The summed E-state index contributed by atoms with van der Waals surface area (Å²) in [6.07, 6.45) is 1.79. The minimum Gasteiger partial charge on any atom is -0.453 e. The van der Waals surface area contributed by atoms with Crippen molar-refractivity contribution < 1.29 is 4.42 Å². The molecule has 0 saturated carbocycles. The Hall–Kier alpha value is -2.15. The van der Waals surface area contributed by atoms with Crippen LogP contribution in [0.1, 0.15) is 5.82 Å². The predicted octanol–water partition coefficient (Wildman–Crippen LogP) is 5.11. The fraction of sp³-hybridized carbons (Fsp3) is 0.238. The lowest BCUT2D eigenvalue weighted by atomic mass is 10.2. The van der Waals surface area contributed by atoms with E-state index in [1.807, 2.05) is 36.4 Å². The fourth-order valence-electron chi connectivity index (χ4n) is 3.68. The molecule has 0 spiro atoms. The maximum atomic E-state index is 6.13. The highest BCUT2D eigenvalue weighted by Gasteiger charge is 2.19. The Labute approximate surface area is 176 Å². The number of nitrogens with zero attached hydrogens (tertiary/aromatic N) is 4. The Kier molecular flexibility index (Phi) is 4.70. The van der Waals surface area contributed by atoms with Gasteiger partial charge in [-0.3, -0.25) is 4.90 Å². The molecule has 1 fully saturated rings. The van der Waals surface area contributed by atoms with E-state index in [1.54, 1.807) is 6.20 Å². The third kappa shape index (κ3) is 3.48. The Morgan fingerprint density at radius 1 is 1.04 bits per heavy atom. The molecule has 2 aromatic heterocycles. The molecule has 1 aliphatic heterocycles. The summed E-state index contributed by atoms with van der Waals surface area (Å²) in [7, 11) is 0. The van der Waals surface area contributed by atoms with Crippen LogP contribution in [-0.4, -0.2) is 41.0 Å². The van der Waals surface area contributed by atoms with E-state index >= 15 is 0 Å². The van der Waals surface area contributed by atoms with E-state index < -0.39 is 0 Å². The summed E-state index contributed by atoms with van der Waals surface area (Å²) in [5.41, 5.74) is 3.61. The fourth-order valence-corrected chi connectivity index (χ4v) is 4.23. The zero-order chi connectivity index (χ0) is 19.1. The normalized spacial score (nSPS) is 15.6. The molecule has 5 rings (SSSR count). The van der Waals surface area contributed by atoms with Gasteiger partial charge in [0.25, 0.3) is 0 Å². The lowest BCUT2D eigenvalue weighted by Gasteiger charge is -2.35. The minimum atomic E-state index is 0.725. The topological polar surface area (TPSA) is 45.4 Å². The summed E-state index contributed by atoms with van der Waals surface area (Å²) in [5.74, 6) is 0.825. The van der Waals surface area contributed by atoms with Gasteiger partial charge >= 0.3 is 0 Å². The molecule has 7 heteroatoms. The molecule has 1 aliphatic rings. The Balaban J connectivity index is 1.32. The molecular weight excluding hydrogens is 440 g/mol. The predicted molar refractivity (Wildman–Crippen MR) is 116 cm³/mol. The molecule has 0 bridgehead atoms. The molecule has 0 unspecified atom stereocenters. The van der Waals surface area contributed by atoms with E-state index in [-0.39, 0.29) is 0 Å². The van der Waals surface area contributed by atoms with Gasteiger partial charge in [0.05, 0.1) is 12.7 Å². The average Bonchev–Trinajstić information content (AvgIpc) is 3.06. The number of rotatable bonds is 3. The Bertz CT molecular complexity index is 1150. The van der Waals surface area contributed by atoms with Crippen molar-refractivity contribution in [2.24, 2.45) is 0 Å². The van der Waals surface area contributed by atoms with Gasteiger partial charge in [-0.15, -0.1) is 0 Å². The Morgan fingerprint density at radius 2 is 1.89 bits per heavy atom. The van der Waals surface area contributed by atoms with Crippen LogP contribution >= 0.6 is 27.5 Å². The lowest BCUT2D eigenvalue weighted by Crippen LogP contribution is -2.46. The van der Waals surface area contributed by atoms with Gasteiger partial charge in [0, 0.05) is 46.7 Å². The summed E-state index contributed by atoms with van der Waals surface area (Å²) in [6.45, 7) is 4.59. The number of benzene rings is 2. The molecule has 142 valence electrons. The van der Waals surface area contributed by atoms with E-state index in [4.69, 9.17) is 21.0 Å². The van der Waals surface area contributed by atoms with Crippen LogP contribution in [-0.2, 0) is 6.54 Å². The molecule has 0 atom stereocenters. The maximum absolute atomic E-state index is 6.13. The van der Waals surface area contributed by atoms with Gasteiger partial charge in [-0.25, -0.2) is 9.97 Å².